The van der Waals surface area contributed by atoms with E-state index < -0.39 is 47.8 Å². The molecule has 1 heterocycles. The molecular formula is C28H24O8. The van der Waals surface area contributed by atoms with Crippen LogP contribution in [0.1, 0.15) is 44.9 Å². The van der Waals surface area contributed by atoms with Crippen molar-refractivity contribution < 1.29 is 38.1 Å². The maximum atomic E-state index is 13.1. The minimum absolute atomic E-state index is 0.198. The number of ether oxygens (including phenoxy) is 4. The van der Waals surface area contributed by atoms with Gasteiger partial charge in [-0.2, -0.15) is 0 Å². The van der Waals surface area contributed by atoms with Gasteiger partial charge in [0.25, 0.3) is 0 Å². The summed E-state index contributed by atoms with van der Waals surface area (Å²) < 4.78 is 22.3. The first-order valence-electron chi connectivity index (χ1n) is 11.2. The van der Waals surface area contributed by atoms with Gasteiger partial charge < -0.3 is 18.9 Å². The Labute approximate surface area is 207 Å². The summed E-state index contributed by atoms with van der Waals surface area (Å²) in [5.41, 5.74) is -2.94. The van der Waals surface area contributed by atoms with Crippen molar-refractivity contribution in [2.75, 3.05) is 6.61 Å². The third-order valence-electron chi connectivity index (χ3n) is 5.83. The van der Waals surface area contributed by atoms with Crippen molar-refractivity contribution in [1.82, 2.24) is 0 Å². The highest BCUT2D eigenvalue weighted by atomic mass is 16.7. The number of carbonyl (C=O) groups is 4. The minimum atomic E-state index is -2.01. The highest BCUT2D eigenvalue weighted by Crippen LogP contribution is 2.40. The number of benzene rings is 3. The fraction of sp³-hybridized carbons (Fsp3) is 0.214. The maximum Gasteiger partial charge on any atom is 0.355 e. The highest BCUT2D eigenvalue weighted by molar-refractivity contribution is 5.95. The van der Waals surface area contributed by atoms with Crippen molar-refractivity contribution in [1.29, 1.82) is 0 Å². The molecule has 0 unspecified atom stereocenters. The normalized spacial score (nSPS) is 22.8. The van der Waals surface area contributed by atoms with Crippen molar-refractivity contribution in [3.63, 3.8) is 0 Å². The van der Waals surface area contributed by atoms with E-state index in [-0.39, 0.29) is 11.1 Å². The Kier molecular flexibility index (Phi) is 6.87. The Hall–Kier alpha value is -4.46. The van der Waals surface area contributed by atoms with Crippen molar-refractivity contribution >= 4 is 23.9 Å². The van der Waals surface area contributed by atoms with Gasteiger partial charge in [0.15, 0.2) is 11.7 Å². The molecule has 184 valence electrons. The number of esters is 4. The Morgan fingerprint density at radius 2 is 1.17 bits per heavy atom. The third kappa shape index (κ3) is 4.98. The minimum Gasteiger partial charge on any atom is -0.458 e. The largest absolute Gasteiger partial charge is 0.458 e. The monoisotopic (exact) mass is 488 g/mol. The quantitative estimate of drug-likeness (QED) is 0.363. The smallest absolute Gasteiger partial charge is 0.355 e. The molecule has 36 heavy (non-hydrogen) atoms. The molecule has 3 atom stereocenters. The molecule has 0 saturated carbocycles. The van der Waals surface area contributed by atoms with E-state index in [1.165, 1.54) is 26.0 Å². The highest BCUT2D eigenvalue weighted by Gasteiger charge is 2.66. The van der Waals surface area contributed by atoms with Crippen LogP contribution < -0.4 is 0 Å². The predicted octanol–water partition coefficient (Wildman–Crippen LogP) is 4.00. The average Bonchev–Trinajstić information content (AvgIpc) is 3.09. The third-order valence-corrected chi connectivity index (χ3v) is 5.83. The van der Waals surface area contributed by atoms with E-state index in [1.54, 1.807) is 78.9 Å². The zero-order valence-electron chi connectivity index (χ0n) is 19.7. The Morgan fingerprint density at radius 1 is 0.722 bits per heavy atom. The Bertz CT molecular complexity index is 1260. The number of rotatable bonds is 7. The van der Waals surface area contributed by atoms with Gasteiger partial charge in [0.1, 0.15) is 6.61 Å². The van der Waals surface area contributed by atoms with E-state index in [0.717, 1.165) is 0 Å². The van der Waals surface area contributed by atoms with Crippen molar-refractivity contribution in [2.24, 2.45) is 0 Å². The summed E-state index contributed by atoms with van der Waals surface area (Å²) in [5, 5.41) is 0. The standard InChI is InChI=1S/C28H24O8/c1-27(18-33-22(29)19-12-6-3-7-13-19)25(34-23(30)20-14-8-4-9-15-20)28(2,26(32)36-27)35-24(31)21-16-10-5-11-17-21/h3-17,25H,18H2,1-2H3/t25-,27-,28-/m1/s1. The van der Waals surface area contributed by atoms with E-state index in [1.807, 2.05) is 0 Å². The molecule has 0 N–H and O–H groups in total. The number of hydrogen-bond donors (Lipinski definition) is 0. The lowest BCUT2D eigenvalue weighted by Crippen LogP contribution is -2.54. The van der Waals surface area contributed by atoms with Crippen molar-refractivity contribution in [2.45, 2.75) is 31.2 Å². The van der Waals surface area contributed by atoms with Crippen LogP contribution in [0.3, 0.4) is 0 Å². The molecule has 8 heteroatoms. The molecule has 0 bridgehead atoms. The molecule has 1 saturated heterocycles. The van der Waals surface area contributed by atoms with Gasteiger partial charge in [-0.05, 0) is 50.2 Å². The summed E-state index contributed by atoms with van der Waals surface area (Å²) >= 11 is 0. The van der Waals surface area contributed by atoms with E-state index >= 15 is 0 Å². The lowest BCUT2D eigenvalue weighted by molar-refractivity contribution is -0.159. The van der Waals surface area contributed by atoms with E-state index in [2.05, 4.69) is 0 Å². The summed E-state index contributed by atoms with van der Waals surface area (Å²) in [5.74, 6) is -3.16. The second-order valence-corrected chi connectivity index (χ2v) is 8.66. The van der Waals surface area contributed by atoms with Gasteiger partial charge in [-0.1, -0.05) is 54.6 Å². The number of cyclic esters (lactones) is 1. The molecule has 0 aliphatic carbocycles. The van der Waals surface area contributed by atoms with Gasteiger partial charge in [-0.15, -0.1) is 0 Å². The van der Waals surface area contributed by atoms with Crippen LogP contribution in [0, 0.1) is 0 Å². The topological polar surface area (TPSA) is 105 Å². The van der Waals surface area contributed by atoms with Crippen LogP contribution in [0.25, 0.3) is 0 Å². The summed E-state index contributed by atoms with van der Waals surface area (Å²) in [6.07, 6.45) is -1.43. The van der Waals surface area contributed by atoms with Gasteiger partial charge in [-0.25, -0.2) is 19.2 Å². The summed E-state index contributed by atoms with van der Waals surface area (Å²) in [7, 11) is 0. The molecule has 0 aromatic heterocycles. The van der Waals surface area contributed by atoms with Crippen LogP contribution in [0.4, 0.5) is 0 Å². The maximum absolute atomic E-state index is 13.1. The molecule has 3 aromatic carbocycles. The molecule has 1 aliphatic rings. The number of carbonyl (C=O) groups excluding carboxylic acids is 4. The van der Waals surface area contributed by atoms with Crippen LogP contribution in [0.15, 0.2) is 91.0 Å². The van der Waals surface area contributed by atoms with Crippen molar-refractivity contribution in [3.05, 3.63) is 108 Å². The molecule has 0 radical (unpaired) electrons. The van der Waals surface area contributed by atoms with E-state index in [0.29, 0.717) is 5.56 Å². The molecular weight excluding hydrogens is 464 g/mol. The van der Waals surface area contributed by atoms with E-state index in [4.69, 9.17) is 18.9 Å². The molecule has 8 nitrogen and oxygen atoms in total. The fourth-order valence-corrected chi connectivity index (χ4v) is 3.94. The Morgan fingerprint density at radius 3 is 1.67 bits per heavy atom. The molecule has 0 spiro atoms. The molecule has 1 fully saturated rings. The number of hydrogen-bond acceptors (Lipinski definition) is 8. The van der Waals surface area contributed by atoms with Gasteiger partial charge in [-0.3, -0.25) is 0 Å². The predicted molar refractivity (Wildman–Crippen MR) is 127 cm³/mol. The summed E-state index contributed by atoms with van der Waals surface area (Å²) in [6, 6.07) is 24.5. The second-order valence-electron chi connectivity index (χ2n) is 8.66. The molecule has 1 aliphatic heterocycles. The zero-order valence-corrected chi connectivity index (χ0v) is 19.7. The van der Waals surface area contributed by atoms with Crippen molar-refractivity contribution in [3.8, 4) is 0 Å². The van der Waals surface area contributed by atoms with Gasteiger partial charge in [0.2, 0.25) is 5.60 Å². The summed E-state index contributed by atoms with van der Waals surface area (Å²) in [4.78, 5) is 51.5. The summed E-state index contributed by atoms with van der Waals surface area (Å²) in [6.45, 7) is 2.31. The van der Waals surface area contributed by atoms with Crippen LogP contribution >= 0.6 is 0 Å². The lowest BCUT2D eigenvalue weighted by atomic mass is 9.89. The average molecular weight is 488 g/mol. The second kappa shape index (κ2) is 10.0. The SMILES string of the molecule is C[C@]1(COC(=O)c2ccccc2)OC(=O)[C@](C)(OC(=O)c2ccccc2)[C@@H]1OC(=O)c1ccccc1. The van der Waals surface area contributed by atoms with Gasteiger partial charge in [0.05, 0.1) is 16.7 Å². The van der Waals surface area contributed by atoms with Gasteiger partial charge in [0, 0.05) is 0 Å². The van der Waals surface area contributed by atoms with E-state index in [9.17, 15) is 19.2 Å². The van der Waals surface area contributed by atoms with Gasteiger partial charge >= 0.3 is 23.9 Å². The molecule has 0 amide bonds. The molecule has 3 aromatic rings. The fourth-order valence-electron chi connectivity index (χ4n) is 3.94. The van der Waals surface area contributed by atoms with Crippen LogP contribution in [-0.4, -0.2) is 47.8 Å². The first-order chi connectivity index (χ1) is 17.2. The Balaban J connectivity index is 1.63. The molecule has 4 rings (SSSR count). The first kappa shape index (κ1) is 24.7. The lowest BCUT2D eigenvalue weighted by Gasteiger charge is -2.33. The first-order valence-corrected chi connectivity index (χ1v) is 11.2. The van der Waals surface area contributed by atoms with Crippen LogP contribution in [-0.2, 0) is 23.7 Å². The van der Waals surface area contributed by atoms with Crippen LogP contribution in [0.2, 0.25) is 0 Å². The zero-order chi connectivity index (χ0) is 25.8. The van der Waals surface area contributed by atoms with Crippen LogP contribution in [0.5, 0.6) is 0 Å².